The fraction of sp³-hybridized carbons (Fsp3) is 0.227. The first-order valence-corrected chi connectivity index (χ1v) is 9.89. The molecule has 1 aromatic carbocycles. The van der Waals surface area contributed by atoms with Gasteiger partial charge in [0.2, 0.25) is 0 Å². The smallest absolute Gasteiger partial charge is 0.387 e. The Labute approximate surface area is 182 Å². The van der Waals surface area contributed by atoms with Crippen molar-refractivity contribution in [2.75, 3.05) is 36.4 Å². The number of carbonyl (C=O) groups excluding carboxylic acids is 2. The second kappa shape index (κ2) is 9.46. The van der Waals surface area contributed by atoms with E-state index in [1.165, 1.54) is 30.5 Å². The number of hydrogen-bond donors (Lipinski definition) is 1. The number of amides is 2. The molecule has 10 heteroatoms. The fourth-order valence-corrected chi connectivity index (χ4v) is 3.35. The van der Waals surface area contributed by atoms with Gasteiger partial charge in [-0.1, -0.05) is 0 Å². The quantitative estimate of drug-likeness (QED) is 0.629. The zero-order valence-electron chi connectivity index (χ0n) is 16.9. The molecule has 3 heterocycles. The van der Waals surface area contributed by atoms with Crippen molar-refractivity contribution in [1.82, 2.24) is 9.88 Å². The van der Waals surface area contributed by atoms with Crippen LogP contribution in [0.2, 0.25) is 0 Å². The van der Waals surface area contributed by atoms with E-state index in [1.54, 1.807) is 35.4 Å². The minimum absolute atomic E-state index is 0.0104. The molecule has 4 rings (SSSR count). The molecule has 0 saturated carbocycles. The topological polar surface area (TPSA) is 87.9 Å². The Morgan fingerprint density at radius 1 is 1.03 bits per heavy atom. The van der Waals surface area contributed by atoms with E-state index in [4.69, 9.17) is 4.42 Å². The Morgan fingerprint density at radius 2 is 1.78 bits per heavy atom. The van der Waals surface area contributed by atoms with Crippen molar-refractivity contribution >= 4 is 23.3 Å². The number of halogens is 2. The molecule has 1 saturated heterocycles. The van der Waals surface area contributed by atoms with Crippen LogP contribution in [-0.2, 0) is 0 Å². The van der Waals surface area contributed by atoms with Crippen LogP contribution in [0.5, 0.6) is 5.75 Å². The van der Waals surface area contributed by atoms with Gasteiger partial charge in [-0.25, -0.2) is 4.98 Å². The molecule has 32 heavy (non-hydrogen) atoms. The van der Waals surface area contributed by atoms with Gasteiger partial charge in [0, 0.05) is 31.7 Å². The lowest BCUT2D eigenvalue weighted by Gasteiger charge is -2.35. The number of carbonyl (C=O) groups is 2. The van der Waals surface area contributed by atoms with E-state index in [9.17, 15) is 18.4 Å². The van der Waals surface area contributed by atoms with E-state index in [-0.39, 0.29) is 23.3 Å². The molecule has 2 aromatic heterocycles. The molecule has 1 fully saturated rings. The molecule has 0 unspecified atom stereocenters. The molecule has 1 aliphatic rings. The van der Waals surface area contributed by atoms with Crippen molar-refractivity contribution in [2.45, 2.75) is 6.61 Å². The van der Waals surface area contributed by atoms with Gasteiger partial charge in [-0.05, 0) is 48.5 Å². The molecule has 0 atom stereocenters. The second-order valence-electron chi connectivity index (χ2n) is 7.02. The Kier molecular flexibility index (Phi) is 6.29. The number of nitrogens with one attached hydrogen (secondary N) is 1. The normalized spacial score (nSPS) is 13.8. The summed E-state index contributed by atoms with van der Waals surface area (Å²) in [5.41, 5.74) is 0.957. The summed E-state index contributed by atoms with van der Waals surface area (Å²) in [5, 5.41) is 2.71. The third-order valence-electron chi connectivity index (χ3n) is 4.97. The number of ether oxygens (including phenoxy) is 1. The van der Waals surface area contributed by atoms with E-state index in [0.29, 0.717) is 37.4 Å². The van der Waals surface area contributed by atoms with Crippen molar-refractivity contribution < 1.29 is 27.5 Å². The largest absolute Gasteiger partial charge is 0.459 e. The number of rotatable bonds is 6. The second-order valence-corrected chi connectivity index (χ2v) is 7.02. The lowest BCUT2D eigenvalue weighted by Crippen LogP contribution is -2.49. The lowest BCUT2D eigenvalue weighted by atomic mass is 10.1. The van der Waals surface area contributed by atoms with Gasteiger partial charge in [-0.2, -0.15) is 8.78 Å². The van der Waals surface area contributed by atoms with Crippen molar-refractivity contribution in [3.8, 4) is 5.75 Å². The molecular formula is C22H20F2N4O4. The number of furan rings is 1. The van der Waals surface area contributed by atoms with E-state index < -0.39 is 6.61 Å². The van der Waals surface area contributed by atoms with Crippen molar-refractivity contribution in [3.63, 3.8) is 0 Å². The van der Waals surface area contributed by atoms with Gasteiger partial charge in [0.05, 0.1) is 18.1 Å². The maximum atomic E-state index is 12.7. The number of anilines is 2. The number of nitrogens with zero attached hydrogens (tertiary/aromatic N) is 3. The highest BCUT2D eigenvalue weighted by Gasteiger charge is 2.23. The number of pyridine rings is 1. The highest BCUT2D eigenvalue weighted by Crippen LogP contribution is 2.19. The molecule has 0 bridgehead atoms. The standard InChI is InChI=1S/C22H20F2N4O4/c23-22(24)32-17-6-3-15(4-7-17)21(30)28-11-9-27(10-12-28)19-8-5-16(14-25-19)26-20(29)18-2-1-13-31-18/h1-8,13-14,22H,9-12H2,(H,26,29). The highest BCUT2D eigenvalue weighted by atomic mass is 19.3. The maximum absolute atomic E-state index is 12.7. The number of alkyl halides is 2. The Balaban J connectivity index is 1.30. The Bertz CT molecular complexity index is 1050. The number of piperazine rings is 1. The van der Waals surface area contributed by atoms with Crippen molar-refractivity contribution in [2.24, 2.45) is 0 Å². The van der Waals surface area contributed by atoms with Crippen molar-refractivity contribution in [3.05, 3.63) is 72.3 Å². The molecule has 1 aliphatic heterocycles. The van der Waals surface area contributed by atoms with Crippen LogP contribution in [0.15, 0.2) is 65.4 Å². The summed E-state index contributed by atoms with van der Waals surface area (Å²) in [6.45, 7) is -0.744. The summed E-state index contributed by atoms with van der Waals surface area (Å²) in [6, 6.07) is 12.4. The summed E-state index contributed by atoms with van der Waals surface area (Å²) in [4.78, 5) is 32.8. The van der Waals surface area contributed by atoms with Gasteiger partial charge in [-0.3, -0.25) is 9.59 Å². The highest BCUT2D eigenvalue weighted by molar-refractivity contribution is 6.02. The predicted octanol–water partition coefficient (Wildman–Crippen LogP) is 3.49. The zero-order valence-corrected chi connectivity index (χ0v) is 16.9. The van der Waals surface area contributed by atoms with Gasteiger partial charge in [0.25, 0.3) is 11.8 Å². The van der Waals surface area contributed by atoms with Crippen LogP contribution in [0.25, 0.3) is 0 Å². The number of hydrogen-bond acceptors (Lipinski definition) is 6. The third-order valence-corrected chi connectivity index (χ3v) is 4.97. The van der Waals surface area contributed by atoms with Crippen molar-refractivity contribution in [1.29, 1.82) is 0 Å². The minimum Gasteiger partial charge on any atom is -0.459 e. The Morgan fingerprint density at radius 3 is 2.38 bits per heavy atom. The first-order valence-electron chi connectivity index (χ1n) is 9.89. The average molecular weight is 442 g/mol. The van der Waals surface area contributed by atoms with Crippen LogP contribution >= 0.6 is 0 Å². The summed E-state index contributed by atoms with van der Waals surface area (Å²) in [5.74, 6) is 0.437. The third kappa shape index (κ3) is 5.02. The molecular weight excluding hydrogens is 422 g/mol. The monoisotopic (exact) mass is 442 g/mol. The van der Waals surface area contributed by atoms with Crippen LogP contribution < -0.4 is 15.0 Å². The predicted molar refractivity (Wildman–Crippen MR) is 112 cm³/mol. The van der Waals surface area contributed by atoms with E-state index in [1.807, 2.05) is 4.90 Å². The zero-order chi connectivity index (χ0) is 22.5. The van der Waals surface area contributed by atoms with Gasteiger partial charge < -0.3 is 24.3 Å². The SMILES string of the molecule is O=C(Nc1ccc(N2CCN(C(=O)c3ccc(OC(F)F)cc3)CC2)nc1)c1ccco1. The molecule has 0 spiro atoms. The summed E-state index contributed by atoms with van der Waals surface area (Å²) >= 11 is 0. The van der Waals surface area contributed by atoms with Crippen LogP contribution in [0.3, 0.4) is 0 Å². The van der Waals surface area contributed by atoms with Gasteiger partial charge in [0.15, 0.2) is 5.76 Å². The molecule has 0 aliphatic carbocycles. The van der Waals surface area contributed by atoms with E-state index in [0.717, 1.165) is 5.82 Å². The average Bonchev–Trinajstić information content (AvgIpc) is 3.35. The molecule has 0 radical (unpaired) electrons. The van der Waals surface area contributed by atoms with E-state index in [2.05, 4.69) is 15.0 Å². The fourth-order valence-electron chi connectivity index (χ4n) is 3.35. The van der Waals surface area contributed by atoms with E-state index >= 15 is 0 Å². The summed E-state index contributed by atoms with van der Waals surface area (Å²) < 4.78 is 33.9. The van der Waals surface area contributed by atoms with Gasteiger partial charge in [-0.15, -0.1) is 0 Å². The molecule has 8 nitrogen and oxygen atoms in total. The summed E-state index contributed by atoms with van der Waals surface area (Å²) in [6.07, 6.45) is 2.99. The number of aromatic nitrogens is 1. The maximum Gasteiger partial charge on any atom is 0.387 e. The van der Waals surface area contributed by atoms with Gasteiger partial charge in [0.1, 0.15) is 11.6 Å². The summed E-state index contributed by atoms with van der Waals surface area (Å²) in [7, 11) is 0. The molecule has 2 amide bonds. The van der Waals surface area contributed by atoms with Crippen LogP contribution in [0, 0.1) is 0 Å². The molecule has 1 N–H and O–H groups in total. The number of benzene rings is 1. The Hall–Kier alpha value is -3.95. The minimum atomic E-state index is -2.90. The van der Waals surface area contributed by atoms with Crippen LogP contribution in [-0.4, -0.2) is 54.5 Å². The first kappa shape index (κ1) is 21.3. The van der Waals surface area contributed by atoms with Gasteiger partial charge >= 0.3 is 6.61 Å². The first-order chi connectivity index (χ1) is 15.5. The molecule has 166 valence electrons. The molecule has 3 aromatic rings. The van der Waals surface area contributed by atoms with Crippen LogP contribution in [0.4, 0.5) is 20.3 Å². The van der Waals surface area contributed by atoms with Crippen LogP contribution in [0.1, 0.15) is 20.9 Å². The lowest BCUT2D eigenvalue weighted by molar-refractivity contribution is -0.0498.